The fourth-order valence-electron chi connectivity index (χ4n) is 2.67. The molecule has 7 nitrogen and oxygen atoms in total. The van der Waals surface area contributed by atoms with Gasteiger partial charge in [-0.05, 0) is 12.1 Å². The molecule has 0 unspecified atom stereocenters. The second kappa shape index (κ2) is 8.75. The van der Waals surface area contributed by atoms with Crippen LogP contribution in [-0.4, -0.2) is 59.7 Å². The van der Waals surface area contributed by atoms with Crippen molar-refractivity contribution >= 4 is 11.6 Å². The number of methoxy groups -OCH3 is 3. The molecule has 24 heavy (non-hydrogen) atoms. The van der Waals surface area contributed by atoms with E-state index in [0.717, 1.165) is 31.7 Å². The summed E-state index contributed by atoms with van der Waals surface area (Å²) in [4.78, 5) is 4.27. The predicted octanol–water partition coefficient (Wildman–Crippen LogP) is 1.89. The molecule has 0 atom stereocenters. The first-order valence-electron chi connectivity index (χ1n) is 7.99. The van der Waals surface area contributed by atoms with Gasteiger partial charge in [0.05, 0.1) is 19.8 Å². The first-order chi connectivity index (χ1) is 11.7. The fourth-order valence-corrected chi connectivity index (χ4v) is 2.67. The van der Waals surface area contributed by atoms with Gasteiger partial charge < -0.3 is 29.6 Å². The maximum atomic E-state index is 5.73. The van der Waals surface area contributed by atoms with Crippen molar-refractivity contribution in [1.29, 1.82) is 0 Å². The number of rotatable bonds is 6. The van der Waals surface area contributed by atoms with Gasteiger partial charge in [-0.25, -0.2) is 0 Å². The summed E-state index contributed by atoms with van der Waals surface area (Å²) in [6.07, 6.45) is 1.73. The van der Waals surface area contributed by atoms with E-state index in [2.05, 4.69) is 15.6 Å². The molecule has 134 valence electrons. The molecule has 1 aliphatic heterocycles. The van der Waals surface area contributed by atoms with E-state index in [9.17, 15) is 0 Å². The van der Waals surface area contributed by atoms with Crippen LogP contribution in [0.4, 0.5) is 5.69 Å². The van der Waals surface area contributed by atoms with E-state index < -0.39 is 0 Å². The summed E-state index contributed by atoms with van der Waals surface area (Å²) in [6, 6.07) is 5.63. The smallest absolute Gasteiger partial charge is 0.195 e. The molecule has 1 fully saturated rings. The summed E-state index contributed by atoms with van der Waals surface area (Å²) in [6.45, 7) is 2.11. The number of nitrogens with one attached hydrogen (secondary N) is 2. The SMILES string of the molecule is CN=C(NCC1(OC)CCOCC1)Nc1ccc(OC)c(OC)c1. The van der Waals surface area contributed by atoms with E-state index >= 15 is 0 Å². The van der Waals surface area contributed by atoms with Crippen molar-refractivity contribution in [2.24, 2.45) is 4.99 Å². The third-order valence-corrected chi connectivity index (χ3v) is 4.28. The van der Waals surface area contributed by atoms with Crippen molar-refractivity contribution < 1.29 is 18.9 Å². The summed E-state index contributed by atoms with van der Waals surface area (Å²) in [7, 11) is 6.71. The zero-order valence-corrected chi connectivity index (χ0v) is 14.8. The van der Waals surface area contributed by atoms with Gasteiger partial charge in [0.1, 0.15) is 0 Å². The minimum absolute atomic E-state index is 0.215. The Morgan fingerprint density at radius 1 is 1.17 bits per heavy atom. The highest BCUT2D eigenvalue weighted by Gasteiger charge is 2.32. The number of guanidine groups is 1. The van der Waals surface area contributed by atoms with Crippen molar-refractivity contribution in [2.45, 2.75) is 18.4 Å². The van der Waals surface area contributed by atoms with Gasteiger partial charge in [-0.15, -0.1) is 0 Å². The van der Waals surface area contributed by atoms with Crippen LogP contribution in [-0.2, 0) is 9.47 Å². The molecule has 2 N–H and O–H groups in total. The maximum absolute atomic E-state index is 5.73. The van der Waals surface area contributed by atoms with Gasteiger partial charge in [0.25, 0.3) is 0 Å². The summed E-state index contributed by atoms with van der Waals surface area (Å²) in [5.41, 5.74) is 0.646. The van der Waals surface area contributed by atoms with Crippen molar-refractivity contribution in [3.8, 4) is 11.5 Å². The molecule has 0 aliphatic carbocycles. The lowest BCUT2D eigenvalue weighted by Gasteiger charge is -2.36. The van der Waals surface area contributed by atoms with E-state index in [1.54, 1.807) is 28.4 Å². The molecule has 1 aliphatic rings. The topological polar surface area (TPSA) is 73.3 Å². The molecular formula is C17H27N3O4. The summed E-state index contributed by atoms with van der Waals surface area (Å²) in [5.74, 6) is 2.02. The van der Waals surface area contributed by atoms with Gasteiger partial charge in [-0.3, -0.25) is 4.99 Å². The van der Waals surface area contributed by atoms with E-state index in [1.807, 2.05) is 18.2 Å². The molecule has 1 saturated heterocycles. The molecule has 0 radical (unpaired) electrons. The standard InChI is InChI=1S/C17H27N3O4/c1-18-16(19-12-17(23-4)7-9-24-10-8-17)20-13-5-6-14(21-2)15(11-13)22-3/h5-6,11H,7-10,12H2,1-4H3,(H2,18,19,20). The lowest BCUT2D eigenvalue weighted by Crippen LogP contribution is -2.49. The van der Waals surface area contributed by atoms with Gasteiger partial charge in [0, 0.05) is 58.5 Å². The third kappa shape index (κ3) is 4.52. The Hall–Kier alpha value is -1.99. The van der Waals surface area contributed by atoms with Gasteiger partial charge in [0.2, 0.25) is 0 Å². The Bertz CT molecular complexity index is 557. The number of hydrogen-bond acceptors (Lipinski definition) is 5. The van der Waals surface area contributed by atoms with Gasteiger partial charge in [0.15, 0.2) is 17.5 Å². The quantitative estimate of drug-likeness (QED) is 0.610. The Balaban J connectivity index is 1.99. The van der Waals surface area contributed by atoms with Crippen LogP contribution in [0.3, 0.4) is 0 Å². The van der Waals surface area contributed by atoms with E-state index in [4.69, 9.17) is 18.9 Å². The van der Waals surface area contributed by atoms with Crippen LogP contribution in [0.2, 0.25) is 0 Å². The first-order valence-corrected chi connectivity index (χ1v) is 7.99. The average molecular weight is 337 g/mol. The molecule has 0 spiro atoms. The van der Waals surface area contributed by atoms with Gasteiger partial charge in [-0.1, -0.05) is 0 Å². The van der Waals surface area contributed by atoms with Crippen molar-refractivity contribution in [1.82, 2.24) is 5.32 Å². The largest absolute Gasteiger partial charge is 0.493 e. The van der Waals surface area contributed by atoms with Crippen molar-refractivity contribution in [3.05, 3.63) is 18.2 Å². The monoisotopic (exact) mass is 337 g/mol. The van der Waals surface area contributed by atoms with E-state index in [-0.39, 0.29) is 5.60 Å². The number of nitrogens with zero attached hydrogens (tertiary/aromatic N) is 1. The van der Waals surface area contributed by atoms with E-state index in [1.165, 1.54) is 0 Å². The normalized spacial score (nSPS) is 17.2. The number of hydrogen-bond donors (Lipinski definition) is 2. The van der Waals surface area contributed by atoms with Gasteiger partial charge in [-0.2, -0.15) is 0 Å². The highest BCUT2D eigenvalue weighted by Crippen LogP contribution is 2.29. The summed E-state index contributed by atoms with van der Waals surface area (Å²) >= 11 is 0. The number of aliphatic imine (C=N–C) groups is 1. The second-order valence-electron chi connectivity index (χ2n) is 5.62. The minimum Gasteiger partial charge on any atom is -0.493 e. The molecule has 1 heterocycles. The van der Waals surface area contributed by atoms with Crippen LogP contribution in [0.5, 0.6) is 11.5 Å². The minimum atomic E-state index is -0.215. The molecule has 0 amide bonds. The lowest BCUT2D eigenvalue weighted by molar-refractivity contribution is -0.0854. The molecule has 1 aromatic rings. The zero-order valence-electron chi connectivity index (χ0n) is 14.8. The zero-order chi connectivity index (χ0) is 17.4. The maximum Gasteiger partial charge on any atom is 0.195 e. The second-order valence-corrected chi connectivity index (χ2v) is 5.62. The lowest BCUT2D eigenvalue weighted by atomic mass is 9.94. The van der Waals surface area contributed by atoms with Crippen LogP contribution in [0, 0.1) is 0 Å². The Morgan fingerprint density at radius 2 is 1.88 bits per heavy atom. The number of ether oxygens (including phenoxy) is 4. The predicted molar refractivity (Wildman–Crippen MR) is 94.3 cm³/mol. The van der Waals surface area contributed by atoms with Crippen LogP contribution < -0.4 is 20.1 Å². The first kappa shape index (κ1) is 18.4. The van der Waals surface area contributed by atoms with Crippen LogP contribution in [0.1, 0.15) is 12.8 Å². The fraction of sp³-hybridized carbons (Fsp3) is 0.588. The molecule has 2 rings (SSSR count). The summed E-state index contributed by atoms with van der Waals surface area (Å²) in [5, 5.41) is 6.58. The molecule has 0 bridgehead atoms. The molecule has 0 aromatic heterocycles. The van der Waals surface area contributed by atoms with Crippen molar-refractivity contribution in [2.75, 3.05) is 53.5 Å². The number of benzene rings is 1. The van der Waals surface area contributed by atoms with Crippen LogP contribution >= 0.6 is 0 Å². The van der Waals surface area contributed by atoms with Gasteiger partial charge >= 0.3 is 0 Å². The summed E-state index contributed by atoms with van der Waals surface area (Å²) < 4.78 is 21.7. The third-order valence-electron chi connectivity index (χ3n) is 4.28. The Morgan fingerprint density at radius 3 is 2.46 bits per heavy atom. The van der Waals surface area contributed by atoms with Crippen LogP contribution in [0.15, 0.2) is 23.2 Å². The number of anilines is 1. The highest BCUT2D eigenvalue weighted by atomic mass is 16.5. The van der Waals surface area contributed by atoms with Crippen LogP contribution in [0.25, 0.3) is 0 Å². The Kier molecular flexibility index (Phi) is 6.69. The molecular weight excluding hydrogens is 310 g/mol. The van der Waals surface area contributed by atoms with E-state index in [0.29, 0.717) is 24.0 Å². The molecule has 7 heteroatoms. The Labute approximate surface area is 143 Å². The van der Waals surface area contributed by atoms with Crippen molar-refractivity contribution in [3.63, 3.8) is 0 Å². The molecule has 1 aromatic carbocycles. The highest BCUT2D eigenvalue weighted by molar-refractivity contribution is 5.93. The average Bonchev–Trinajstić information content (AvgIpc) is 2.65. The molecule has 0 saturated carbocycles.